The number of aromatic hydroxyl groups is 1. The van der Waals surface area contributed by atoms with Crippen LogP contribution >= 0.6 is 15.9 Å². The SMILES string of the molecule is O=C(C=Cc1ccccc1)Oc1ccc(Br)cc1C=NNC(=O)c1ccccc1O. The number of carbonyl (C=O) groups excluding carboxylic acids is 2. The molecule has 3 aromatic rings. The number of rotatable bonds is 6. The Morgan fingerprint density at radius 1 is 1.00 bits per heavy atom. The van der Waals surface area contributed by atoms with Gasteiger partial charge in [-0.3, -0.25) is 4.79 Å². The number of nitrogens with one attached hydrogen (secondary N) is 1. The van der Waals surface area contributed by atoms with Gasteiger partial charge in [-0.1, -0.05) is 58.4 Å². The summed E-state index contributed by atoms with van der Waals surface area (Å²) in [7, 11) is 0. The maximum atomic E-state index is 12.2. The van der Waals surface area contributed by atoms with Gasteiger partial charge in [-0.15, -0.1) is 0 Å². The maximum absolute atomic E-state index is 12.2. The molecule has 0 heterocycles. The van der Waals surface area contributed by atoms with E-state index in [1.807, 2.05) is 30.3 Å². The van der Waals surface area contributed by atoms with Crippen molar-refractivity contribution >= 4 is 40.1 Å². The molecule has 1 amide bonds. The van der Waals surface area contributed by atoms with Crippen LogP contribution in [0.25, 0.3) is 6.08 Å². The largest absolute Gasteiger partial charge is 0.507 e. The van der Waals surface area contributed by atoms with Gasteiger partial charge < -0.3 is 9.84 Å². The molecule has 3 aromatic carbocycles. The molecule has 0 aromatic heterocycles. The van der Waals surface area contributed by atoms with Crippen molar-refractivity contribution in [2.45, 2.75) is 0 Å². The number of nitrogens with zero attached hydrogens (tertiary/aromatic N) is 1. The third-order valence-electron chi connectivity index (χ3n) is 3.91. The lowest BCUT2D eigenvalue weighted by Gasteiger charge is -2.06. The first-order valence-electron chi connectivity index (χ1n) is 8.89. The Morgan fingerprint density at radius 3 is 2.50 bits per heavy atom. The Balaban J connectivity index is 1.69. The highest BCUT2D eigenvalue weighted by atomic mass is 79.9. The van der Waals surface area contributed by atoms with Crippen LogP contribution in [0.2, 0.25) is 0 Å². The summed E-state index contributed by atoms with van der Waals surface area (Å²) in [5.74, 6) is -0.980. The number of ether oxygens (including phenoxy) is 1. The van der Waals surface area contributed by atoms with E-state index in [0.29, 0.717) is 5.56 Å². The zero-order valence-corrected chi connectivity index (χ0v) is 17.2. The number of esters is 1. The van der Waals surface area contributed by atoms with Crippen molar-refractivity contribution in [2.75, 3.05) is 0 Å². The van der Waals surface area contributed by atoms with Crippen molar-refractivity contribution in [3.8, 4) is 11.5 Å². The van der Waals surface area contributed by atoms with Crippen LogP contribution in [0.5, 0.6) is 11.5 Å². The average Bonchev–Trinajstić information content (AvgIpc) is 2.75. The van der Waals surface area contributed by atoms with Gasteiger partial charge in [0.05, 0.1) is 11.8 Å². The van der Waals surface area contributed by atoms with Gasteiger partial charge in [0.25, 0.3) is 5.91 Å². The van der Waals surface area contributed by atoms with Gasteiger partial charge in [0.1, 0.15) is 11.5 Å². The van der Waals surface area contributed by atoms with E-state index in [1.165, 1.54) is 24.4 Å². The van der Waals surface area contributed by atoms with Crippen molar-refractivity contribution in [2.24, 2.45) is 5.10 Å². The van der Waals surface area contributed by atoms with Crippen LogP contribution in [-0.2, 0) is 4.79 Å². The molecule has 0 unspecified atom stereocenters. The Morgan fingerprint density at radius 2 is 1.73 bits per heavy atom. The molecule has 2 N–H and O–H groups in total. The lowest BCUT2D eigenvalue weighted by atomic mass is 10.2. The number of hydrogen-bond donors (Lipinski definition) is 2. The Labute approximate surface area is 181 Å². The molecule has 3 rings (SSSR count). The minimum absolute atomic E-state index is 0.0987. The number of benzene rings is 3. The van der Waals surface area contributed by atoms with Crippen LogP contribution in [0.1, 0.15) is 21.5 Å². The fourth-order valence-electron chi connectivity index (χ4n) is 2.47. The molecule has 0 aliphatic heterocycles. The number of phenols is 1. The van der Waals surface area contributed by atoms with E-state index in [1.54, 1.807) is 36.4 Å². The quantitative estimate of drug-likeness (QED) is 0.184. The Hall–Kier alpha value is -3.71. The molecule has 0 atom stereocenters. The number of amides is 1. The minimum atomic E-state index is -0.566. The van der Waals surface area contributed by atoms with E-state index in [9.17, 15) is 14.7 Å². The molecule has 0 aliphatic carbocycles. The van der Waals surface area contributed by atoms with Crippen LogP contribution in [0.15, 0.2) is 88.4 Å². The van der Waals surface area contributed by atoms with Crippen LogP contribution < -0.4 is 10.2 Å². The summed E-state index contributed by atoms with van der Waals surface area (Å²) in [5, 5.41) is 13.6. The molecule has 0 aliphatic rings. The normalized spacial score (nSPS) is 11.0. The molecule has 0 radical (unpaired) electrons. The van der Waals surface area contributed by atoms with Crippen molar-refractivity contribution in [3.05, 3.63) is 100 Å². The van der Waals surface area contributed by atoms with E-state index in [2.05, 4.69) is 26.5 Å². The fourth-order valence-corrected chi connectivity index (χ4v) is 2.85. The summed E-state index contributed by atoms with van der Waals surface area (Å²) < 4.78 is 6.14. The van der Waals surface area contributed by atoms with Crippen molar-refractivity contribution in [1.82, 2.24) is 5.43 Å². The zero-order chi connectivity index (χ0) is 21.3. The van der Waals surface area contributed by atoms with Gasteiger partial charge in [-0.05, 0) is 42.0 Å². The van der Waals surface area contributed by atoms with Crippen LogP contribution in [0.4, 0.5) is 0 Å². The average molecular weight is 465 g/mol. The second kappa shape index (κ2) is 10.2. The number of hydrazone groups is 1. The Kier molecular flexibility index (Phi) is 7.13. The lowest BCUT2D eigenvalue weighted by Crippen LogP contribution is -2.17. The van der Waals surface area contributed by atoms with Gasteiger partial charge in [0.2, 0.25) is 0 Å². The lowest BCUT2D eigenvalue weighted by molar-refractivity contribution is -0.128. The standard InChI is InChI=1S/C23H17BrN2O4/c24-18-11-12-21(30-22(28)13-10-16-6-2-1-3-7-16)17(14-18)15-25-26-23(29)19-8-4-5-9-20(19)27/h1-15,27H,(H,26,29). The zero-order valence-electron chi connectivity index (χ0n) is 15.7. The molecule has 0 fully saturated rings. The van der Waals surface area contributed by atoms with E-state index < -0.39 is 11.9 Å². The molecule has 30 heavy (non-hydrogen) atoms. The predicted octanol–water partition coefficient (Wildman–Crippen LogP) is 4.54. The molecule has 0 saturated carbocycles. The molecular formula is C23H17BrN2O4. The molecule has 0 spiro atoms. The maximum Gasteiger partial charge on any atom is 0.336 e. The Bertz CT molecular complexity index is 1110. The van der Waals surface area contributed by atoms with E-state index in [0.717, 1.165) is 10.0 Å². The van der Waals surface area contributed by atoms with E-state index in [-0.39, 0.29) is 17.1 Å². The minimum Gasteiger partial charge on any atom is -0.507 e. The van der Waals surface area contributed by atoms with Crippen LogP contribution in [-0.4, -0.2) is 23.2 Å². The third-order valence-corrected chi connectivity index (χ3v) is 4.41. The topological polar surface area (TPSA) is 88.0 Å². The summed E-state index contributed by atoms with van der Waals surface area (Å²) in [5.41, 5.74) is 3.78. The van der Waals surface area contributed by atoms with E-state index >= 15 is 0 Å². The first-order chi connectivity index (χ1) is 14.5. The van der Waals surface area contributed by atoms with Gasteiger partial charge in [0.15, 0.2) is 0 Å². The van der Waals surface area contributed by atoms with Gasteiger partial charge >= 0.3 is 5.97 Å². The summed E-state index contributed by atoms with van der Waals surface area (Å²) in [6, 6.07) is 20.5. The molecule has 0 bridgehead atoms. The number of carbonyl (C=O) groups is 2. The van der Waals surface area contributed by atoms with Crippen molar-refractivity contribution in [1.29, 1.82) is 0 Å². The number of phenolic OH excluding ortho intramolecular Hbond substituents is 1. The van der Waals surface area contributed by atoms with Gasteiger partial charge in [-0.25, -0.2) is 10.2 Å². The van der Waals surface area contributed by atoms with E-state index in [4.69, 9.17) is 4.74 Å². The fraction of sp³-hybridized carbons (Fsp3) is 0. The number of halogens is 1. The van der Waals surface area contributed by atoms with Gasteiger partial charge in [-0.2, -0.15) is 5.10 Å². The molecule has 0 saturated heterocycles. The molecule has 150 valence electrons. The predicted molar refractivity (Wildman–Crippen MR) is 118 cm³/mol. The number of hydrogen-bond acceptors (Lipinski definition) is 5. The summed E-state index contributed by atoms with van der Waals surface area (Å²) >= 11 is 3.35. The van der Waals surface area contributed by atoms with Crippen LogP contribution in [0, 0.1) is 0 Å². The first-order valence-corrected chi connectivity index (χ1v) is 9.68. The highest BCUT2D eigenvalue weighted by Crippen LogP contribution is 2.22. The van der Waals surface area contributed by atoms with Crippen molar-refractivity contribution in [3.63, 3.8) is 0 Å². The molecule has 7 heteroatoms. The molecular weight excluding hydrogens is 448 g/mol. The third kappa shape index (κ3) is 5.89. The molecule has 6 nitrogen and oxygen atoms in total. The van der Waals surface area contributed by atoms with Crippen molar-refractivity contribution < 1.29 is 19.4 Å². The van der Waals surface area contributed by atoms with Crippen LogP contribution in [0.3, 0.4) is 0 Å². The monoisotopic (exact) mass is 464 g/mol. The summed E-state index contributed by atoms with van der Waals surface area (Å²) in [4.78, 5) is 24.3. The number of para-hydroxylation sites is 1. The summed E-state index contributed by atoms with van der Waals surface area (Å²) in [6.07, 6.45) is 4.34. The highest BCUT2D eigenvalue weighted by molar-refractivity contribution is 9.10. The second-order valence-electron chi connectivity index (χ2n) is 6.06. The second-order valence-corrected chi connectivity index (χ2v) is 6.98. The highest BCUT2D eigenvalue weighted by Gasteiger charge is 2.10. The first kappa shape index (κ1) is 21.0. The van der Waals surface area contributed by atoms with Gasteiger partial charge in [0, 0.05) is 16.1 Å². The smallest absolute Gasteiger partial charge is 0.336 e. The summed E-state index contributed by atoms with van der Waals surface area (Å²) in [6.45, 7) is 0.